The molecule has 0 saturated heterocycles. The van der Waals surface area contributed by atoms with Crippen LogP contribution in [0.3, 0.4) is 0 Å². The summed E-state index contributed by atoms with van der Waals surface area (Å²) in [7, 11) is 0. The van der Waals surface area contributed by atoms with E-state index >= 15 is 0 Å². The molecule has 33 heavy (non-hydrogen) atoms. The fraction of sp³-hybridized carbons (Fsp3) is 0.269. The zero-order valence-corrected chi connectivity index (χ0v) is 17.9. The van der Waals surface area contributed by atoms with Crippen LogP contribution in [0, 0.1) is 0 Å². The molecule has 1 aliphatic heterocycles. The quantitative estimate of drug-likeness (QED) is 0.511. The third-order valence-electron chi connectivity index (χ3n) is 6.16. The summed E-state index contributed by atoms with van der Waals surface area (Å²) < 4.78 is 16.1. The van der Waals surface area contributed by atoms with Gasteiger partial charge in [-0.25, -0.2) is 4.79 Å². The van der Waals surface area contributed by atoms with Gasteiger partial charge in [0.05, 0.1) is 6.10 Å². The van der Waals surface area contributed by atoms with Crippen LogP contribution in [0.4, 0.5) is 4.79 Å². The van der Waals surface area contributed by atoms with Gasteiger partial charge in [0, 0.05) is 12.5 Å². The van der Waals surface area contributed by atoms with Gasteiger partial charge >= 0.3 is 6.09 Å². The summed E-state index contributed by atoms with van der Waals surface area (Å²) in [5.74, 6) is 1.13. The number of hydrogen-bond acceptors (Lipinski definition) is 6. The van der Waals surface area contributed by atoms with Gasteiger partial charge in [-0.15, -0.1) is 0 Å². The van der Waals surface area contributed by atoms with Crippen molar-refractivity contribution in [1.82, 2.24) is 5.32 Å². The number of benzene rings is 3. The van der Waals surface area contributed by atoms with E-state index in [1.54, 1.807) is 18.2 Å². The molecule has 3 aromatic carbocycles. The van der Waals surface area contributed by atoms with Crippen LogP contribution in [0.1, 0.15) is 35.1 Å². The number of alkyl carbamates (subject to hydrolysis) is 1. The summed E-state index contributed by atoms with van der Waals surface area (Å²) >= 11 is 0. The molecule has 0 bridgehead atoms. The van der Waals surface area contributed by atoms with Crippen LogP contribution in [0.25, 0.3) is 11.1 Å². The van der Waals surface area contributed by atoms with E-state index in [-0.39, 0.29) is 32.3 Å². The average Bonchev–Trinajstić information content (AvgIpc) is 3.44. The van der Waals surface area contributed by atoms with E-state index in [1.807, 2.05) is 24.3 Å². The topological polar surface area (TPSA) is 97.3 Å². The largest absolute Gasteiger partial charge is 0.454 e. The predicted molar refractivity (Wildman–Crippen MR) is 121 cm³/mol. The van der Waals surface area contributed by atoms with Crippen molar-refractivity contribution >= 4 is 6.09 Å². The van der Waals surface area contributed by atoms with E-state index in [9.17, 15) is 15.0 Å². The Labute approximate surface area is 191 Å². The van der Waals surface area contributed by atoms with Crippen LogP contribution >= 0.6 is 0 Å². The number of ether oxygens (including phenoxy) is 3. The van der Waals surface area contributed by atoms with Crippen molar-refractivity contribution in [3.05, 3.63) is 83.4 Å². The Morgan fingerprint density at radius 3 is 2.36 bits per heavy atom. The van der Waals surface area contributed by atoms with Crippen LogP contribution < -0.4 is 14.8 Å². The Hall–Kier alpha value is -3.55. The summed E-state index contributed by atoms with van der Waals surface area (Å²) in [4.78, 5) is 12.3. The van der Waals surface area contributed by atoms with Crippen molar-refractivity contribution in [3.63, 3.8) is 0 Å². The number of nitrogens with one attached hydrogen (secondary N) is 1. The molecule has 1 heterocycles. The first-order chi connectivity index (χ1) is 16.1. The Bertz CT molecular complexity index is 1120. The number of rotatable bonds is 7. The molecule has 5 rings (SSSR count). The molecule has 3 aromatic rings. The molecular weight excluding hydrogens is 422 g/mol. The van der Waals surface area contributed by atoms with E-state index in [4.69, 9.17) is 14.2 Å². The molecule has 7 heteroatoms. The molecule has 1 aliphatic carbocycles. The fourth-order valence-electron chi connectivity index (χ4n) is 4.45. The van der Waals surface area contributed by atoms with Crippen molar-refractivity contribution < 1.29 is 29.2 Å². The van der Waals surface area contributed by atoms with Crippen LogP contribution in [0.5, 0.6) is 11.5 Å². The zero-order chi connectivity index (χ0) is 22.8. The van der Waals surface area contributed by atoms with Crippen LogP contribution in [0.15, 0.2) is 66.7 Å². The lowest BCUT2D eigenvalue weighted by Crippen LogP contribution is -2.30. The Morgan fingerprint density at radius 2 is 1.64 bits per heavy atom. The van der Waals surface area contributed by atoms with Gasteiger partial charge in [0.2, 0.25) is 6.79 Å². The molecule has 7 nitrogen and oxygen atoms in total. The lowest BCUT2D eigenvalue weighted by molar-refractivity contribution is 0.0136. The molecule has 2 atom stereocenters. The molecule has 0 saturated carbocycles. The maximum absolute atomic E-state index is 12.3. The van der Waals surface area contributed by atoms with Gasteiger partial charge in [-0.3, -0.25) is 0 Å². The number of carbonyl (C=O) groups is 1. The molecule has 1 amide bonds. The smallest absolute Gasteiger partial charge is 0.407 e. The first-order valence-corrected chi connectivity index (χ1v) is 11.0. The van der Waals surface area contributed by atoms with Crippen LogP contribution in [-0.4, -0.2) is 42.4 Å². The van der Waals surface area contributed by atoms with Gasteiger partial charge in [-0.2, -0.15) is 0 Å². The lowest BCUT2D eigenvalue weighted by atomic mass is 9.98. The minimum Gasteiger partial charge on any atom is -0.454 e. The van der Waals surface area contributed by atoms with Crippen molar-refractivity contribution in [1.29, 1.82) is 0 Å². The highest BCUT2D eigenvalue weighted by Crippen LogP contribution is 2.44. The molecule has 2 aliphatic rings. The van der Waals surface area contributed by atoms with Gasteiger partial charge in [-0.05, 0) is 46.4 Å². The molecule has 0 fully saturated rings. The van der Waals surface area contributed by atoms with Gasteiger partial charge < -0.3 is 29.7 Å². The van der Waals surface area contributed by atoms with Gasteiger partial charge in [-0.1, -0.05) is 54.6 Å². The van der Waals surface area contributed by atoms with Gasteiger partial charge in [0.1, 0.15) is 12.7 Å². The number of fused-ring (bicyclic) bond motifs is 4. The predicted octanol–water partition coefficient (Wildman–Crippen LogP) is 3.74. The van der Waals surface area contributed by atoms with Crippen molar-refractivity contribution in [2.45, 2.75) is 24.5 Å². The number of aliphatic hydroxyl groups is 2. The molecule has 170 valence electrons. The Kier molecular flexibility index (Phi) is 5.90. The zero-order valence-electron chi connectivity index (χ0n) is 17.9. The fourth-order valence-corrected chi connectivity index (χ4v) is 4.45. The SMILES string of the molecule is O=C(NCCC(O)C(O)c1ccc2c(c1)OCO2)OCC1c2ccccc2-c2ccccc21. The van der Waals surface area contributed by atoms with Gasteiger partial charge in [0.25, 0.3) is 0 Å². The normalized spacial score (nSPS) is 15.5. The summed E-state index contributed by atoms with van der Waals surface area (Å²) in [5.41, 5.74) is 5.15. The molecule has 0 aromatic heterocycles. The summed E-state index contributed by atoms with van der Waals surface area (Å²) in [5, 5.41) is 23.4. The van der Waals surface area contributed by atoms with E-state index in [0.717, 1.165) is 11.1 Å². The Balaban J connectivity index is 1.12. The highest BCUT2D eigenvalue weighted by molar-refractivity contribution is 5.79. The van der Waals surface area contributed by atoms with E-state index in [1.165, 1.54) is 11.1 Å². The van der Waals surface area contributed by atoms with Crippen molar-refractivity contribution in [2.24, 2.45) is 0 Å². The van der Waals surface area contributed by atoms with Crippen molar-refractivity contribution in [2.75, 3.05) is 19.9 Å². The third-order valence-corrected chi connectivity index (χ3v) is 6.16. The summed E-state index contributed by atoms with van der Waals surface area (Å²) in [6, 6.07) is 21.3. The lowest BCUT2D eigenvalue weighted by Gasteiger charge is -2.19. The molecule has 0 spiro atoms. The first kappa shape index (κ1) is 21.3. The second kappa shape index (κ2) is 9.13. The average molecular weight is 447 g/mol. The first-order valence-electron chi connectivity index (χ1n) is 11.0. The van der Waals surface area contributed by atoms with E-state index < -0.39 is 18.3 Å². The maximum Gasteiger partial charge on any atom is 0.407 e. The maximum atomic E-state index is 12.3. The molecular formula is C26H25NO6. The minimum absolute atomic E-state index is 0.0124. The third kappa shape index (κ3) is 4.25. The van der Waals surface area contributed by atoms with Crippen LogP contribution in [-0.2, 0) is 4.74 Å². The number of carbonyl (C=O) groups excluding carboxylic acids is 1. The summed E-state index contributed by atoms with van der Waals surface area (Å²) in [6.45, 7) is 0.531. The molecule has 3 N–H and O–H groups in total. The monoisotopic (exact) mass is 447 g/mol. The van der Waals surface area contributed by atoms with Crippen molar-refractivity contribution in [3.8, 4) is 22.6 Å². The molecule has 2 unspecified atom stereocenters. The standard InChI is InChI=1S/C26H25NO6/c28-22(25(29)16-9-10-23-24(13-16)33-15-32-23)11-12-27-26(30)31-14-21-19-7-3-1-5-17(19)18-6-2-4-8-20(18)21/h1-10,13,21-22,25,28-29H,11-12,14-15H2,(H,27,30). The summed E-state index contributed by atoms with van der Waals surface area (Å²) in [6.07, 6.45) is -2.55. The number of amides is 1. The molecule has 0 radical (unpaired) electrons. The number of aliphatic hydroxyl groups excluding tert-OH is 2. The second-order valence-electron chi connectivity index (χ2n) is 8.17. The number of hydrogen-bond donors (Lipinski definition) is 3. The van der Waals surface area contributed by atoms with Crippen LogP contribution in [0.2, 0.25) is 0 Å². The highest BCUT2D eigenvalue weighted by Gasteiger charge is 2.29. The van der Waals surface area contributed by atoms with E-state index in [2.05, 4.69) is 29.6 Å². The van der Waals surface area contributed by atoms with E-state index in [0.29, 0.717) is 17.1 Å². The minimum atomic E-state index is -1.11. The van der Waals surface area contributed by atoms with Gasteiger partial charge in [0.15, 0.2) is 11.5 Å². The second-order valence-corrected chi connectivity index (χ2v) is 8.17. The highest BCUT2D eigenvalue weighted by atomic mass is 16.7. The Morgan fingerprint density at radius 1 is 0.970 bits per heavy atom.